The van der Waals surface area contributed by atoms with E-state index >= 15 is 0 Å². The van der Waals surface area contributed by atoms with Crippen LogP contribution in [0.4, 0.5) is 16.2 Å². The molecule has 0 spiro atoms. The Bertz CT molecular complexity index is 1200. The summed E-state index contributed by atoms with van der Waals surface area (Å²) >= 11 is 0. The second kappa shape index (κ2) is 10.6. The summed E-state index contributed by atoms with van der Waals surface area (Å²) in [6.45, 7) is 8.64. The lowest BCUT2D eigenvalue weighted by atomic mass is 9.99. The lowest BCUT2D eigenvalue weighted by molar-refractivity contribution is 0.249. The number of aryl methyl sites for hydroxylation is 1. The molecule has 3 heterocycles. The van der Waals surface area contributed by atoms with Gasteiger partial charge in [0.25, 0.3) is 0 Å². The number of benzene rings is 2. The highest BCUT2D eigenvalue weighted by molar-refractivity contribution is 5.73. The molecule has 1 unspecified atom stereocenters. The third-order valence-corrected chi connectivity index (χ3v) is 7.48. The monoisotopic (exact) mass is 490 g/mol. The minimum atomic E-state index is -0.627. The van der Waals surface area contributed by atoms with Gasteiger partial charge in [0.15, 0.2) is 0 Å². The van der Waals surface area contributed by atoms with Crippen LogP contribution in [-0.2, 0) is 6.54 Å². The van der Waals surface area contributed by atoms with Crippen molar-refractivity contribution in [1.29, 1.82) is 0 Å². The van der Waals surface area contributed by atoms with E-state index in [1.165, 1.54) is 38.1 Å². The van der Waals surface area contributed by atoms with Crippen LogP contribution in [0.15, 0.2) is 48.5 Å². The van der Waals surface area contributed by atoms with Crippen LogP contribution in [0, 0.1) is 17.9 Å². The molecule has 36 heavy (non-hydrogen) atoms. The number of hydrogen-bond acceptors (Lipinski definition) is 6. The van der Waals surface area contributed by atoms with Gasteiger partial charge in [-0.25, -0.2) is 9.37 Å². The first kappa shape index (κ1) is 24.8. The van der Waals surface area contributed by atoms with Crippen LogP contribution < -0.4 is 15.3 Å². The number of hydrogen-bond donors (Lipinski definition) is 2. The molecule has 2 aliphatic rings. The standard InChI is InChI=1S/C28H35FN6O/c1-20-17-23(29)11-12-24(20)26-25-18-30-19-35(36,21(2)22-9-4-3-5-10-22)27(25)33-28(32-26)31-13-8-16-34-14-6-7-15-34/h3-5,9-12,17,21,30H,6-8,13-16,18-19H2,1-2H3,(H,31,32,33)/t21-,35?/m0/s1. The quantitative estimate of drug-likeness (QED) is 0.259. The van der Waals surface area contributed by atoms with E-state index in [4.69, 9.17) is 9.97 Å². The summed E-state index contributed by atoms with van der Waals surface area (Å²) < 4.78 is 13.3. The Balaban J connectivity index is 1.52. The van der Waals surface area contributed by atoms with Crippen molar-refractivity contribution in [2.24, 2.45) is 0 Å². The molecule has 5 rings (SSSR count). The molecule has 1 aromatic heterocycles. The Morgan fingerprint density at radius 2 is 1.92 bits per heavy atom. The molecule has 0 amide bonds. The number of quaternary nitrogens is 1. The van der Waals surface area contributed by atoms with Crippen LogP contribution in [0.3, 0.4) is 0 Å². The number of nitrogens with zero attached hydrogens (tertiary/aromatic N) is 4. The lowest BCUT2D eigenvalue weighted by Crippen LogP contribution is -2.55. The third kappa shape index (κ3) is 4.99. The van der Waals surface area contributed by atoms with E-state index in [1.54, 1.807) is 6.07 Å². The molecule has 0 aliphatic carbocycles. The molecule has 1 fully saturated rings. The smallest absolute Gasteiger partial charge is 0.239 e. The first-order valence-corrected chi connectivity index (χ1v) is 12.9. The molecule has 2 N–H and O–H groups in total. The fraction of sp³-hybridized carbons (Fsp3) is 0.429. The molecule has 0 saturated carbocycles. The largest absolute Gasteiger partial charge is 0.625 e. The predicted octanol–water partition coefficient (Wildman–Crippen LogP) is 5.12. The van der Waals surface area contributed by atoms with Crippen molar-refractivity contribution in [3.8, 4) is 11.3 Å². The Morgan fingerprint density at radius 3 is 2.67 bits per heavy atom. The molecule has 0 radical (unpaired) electrons. The highest BCUT2D eigenvalue weighted by atomic mass is 19.1. The molecule has 2 aromatic carbocycles. The van der Waals surface area contributed by atoms with E-state index in [-0.39, 0.29) is 18.5 Å². The highest BCUT2D eigenvalue weighted by Gasteiger charge is 2.38. The second-order valence-electron chi connectivity index (χ2n) is 9.95. The number of fused-ring (bicyclic) bond motifs is 1. The van der Waals surface area contributed by atoms with Gasteiger partial charge in [0.1, 0.15) is 18.5 Å². The van der Waals surface area contributed by atoms with E-state index in [0.29, 0.717) is 24.0 Å². The van der Waals surface area contributed by atoms with Gasteiger partial charge in [-0.2, -0.15) is 4.98 Å². The molecule has 190 valence electrons. The maximum atomic E-state index is 14.5. The fourth-order valence-corrected chi connectivity index (χ4v) is 5.37. The number of nitrogens with one attached hydrogen (secondary N) is 2. The summed E-state index contributed by atoms with van der Waals surface area (Å²) in [4.78, 5) is 12.2. The fourth-order valence-electron chi connectivity index (χ4n) is 5.37. The number of hydroxylamine groups is 2. The Kier molecular flexibility index (Phi) is 7.29. The van der Waals surface area contributed by atoms with Gasteiger partial charge < -0.3 is 15.4 Å². The summed E-state index contributed by atoms with van der Waals surface area (Å²) in [5.74, 6) is 0.638. The molecule has 7 nitrogen and oxygen atoms in total. The summed E-state index contributed by atoms with van der Waals surface area (Å²) in [6, 6.07) is 14.2. The van der Waals surface area contributed by atoms with Gasteiger partial charge >= 0.3 is 0 Å². The molecule has 0 bridgehead atoms. The Morgan fingerprint density at radius 1 is 1.14 bits per heavy atom. The van der Waals surface area contributed by atoms with Crippen molar-refractivity contribution < 1.29 is 4.39 Å². The summed E-state index contributed by atoms with van der Waals surface area (Å²) in [5, 5.41) is 21.2. The summed E-state index contributed by atoms with van der Waals surface area (Å²) in [7, 11) is 0. The minimum Gasteiger partial charge on any atom is -0.625 e. The van der Waals surface area contributed by atoms with Gasteiger partial charge in [-0.1, -0.05) is 30.3 Å². The van der Waals surface area contributed by atoms with Crippen LogP contribution in [0.2, 0.25) is 0 Å². The van der Waals surface area contributed by atoms with E-state index in [9.17, 15) is 9.60 Å². The zero-order chi connectivity index (χ0) is 25.1. The second-order valence-corrected chi connectivity index (χ2v) is 9.95. The lowest BCUT2D eigenvalue weighted by Gasteiger charge is -2.49. The van der Waals surface area contributed by atoms with Gasteiger partial charge in [0.05, 0.1) is 11.3 Å². The van der Waals surface area contributed by atoms with E-state index < -0.39 is 4.65 Å². The zero-order valence-electron chi connectivity index (χ0n) is 21.1. The maximum absolute atomic E-state index is 14.5. The molecular formula is C28H35FN6O. The van der Waals surface area contributed by atoms with E-state index in [0.717, 1.165) is 41.8 Å². The van der Waals surface area contributed by atoms with Crippen molar-refractivity contribution in [1.82, 2.24) is 24.8 Å². The van der Waals surface area contributed by atoms with Crippen molar-refractivity contribution in [2.75, 3.05) is 38.2 Å². The number of halogens is 1. The number of likely N-dealkylation sites (tertiary alicyclic amines) is 1. The van der Waals surface area contributed by atoms with Gasteiger partial charge in [0, 0.05) is 24.2 Å². The first-order valence-electron chi connectivity index (χ1n) is 12.9. The van der Waals surface area contributed by atoms with Gasteiger partial charge in [-0.3, -0.25) is 9.96 Å². The number of rotatable bonds is 8. The van der Waals surface area contributed by atoms with Gasteiger partial charge in [-0.15, -0.1) is 0 Å². The molecular weight excluding hydrogens is 455 g/mol. The van der Waals surface area contributed by atoms with E-state index in [2.05, 4.69) is 15.5 Å². The summed E-state index contributed by atoms with van der Waals surface area (Å²) in [6.07, 6.45) is 3.53. The topological polar surface area (TPSA) is 76.1 Å². The SMILES string of the molecule is Cc1cc(F)ccc1-c1nc(NCCCN2CCCC2)nc2c1CNC[N+]2([O-])[C@@H](C)c1ccccc1. The minimum absolute atomic E-state index is 0.219. The van der Waals surface area contributed by atoms with Crippen LogP contribution in [0.1, 0.15) is 48.9 Å². The normalized spacial score (nSPS) is 20.8. The number of aromatic nitrogens is 2. The van der Waals surface area contributed by atoms with Gasteiger partial charge in [0.2, 0.25) is 11.8 Å². The predicted molar refractivity (Wildman–Crippen MR) is 143 cm³/mol. The van der Waals surface area contributed by atoms with Crippen molar-refractivity contribution in [3.05, 3.63) is 76.2 Å². The van der Waals surface area contributed by atoms with Crippen LogP contribution in [0.5, 0.6) is 0 Å². The van der Waals surface area contributed by atoms with Crippen LogP contribution in [-0.4, -0.2) is 47.7 Å². The van der Waals surface area contributed by atoms with Crippen molar-refractivity contribution >= 4 is 11.8 Å². The molecule has 2 aliphatic heterocycles. The van der Waals surface area contributed by atoms with Gasteiger partial charge in [-0.05, 0) is 76.5 Å². The van der Waals surface area contributed by atoms with Crippen LogP contribution in [0.25, 0.3) is 11.3 Å². The Hall–Kier alpha value is -2.91. The van der Waals surface area contributed by atoms with E-state index in [1.807, 2.05) is 44.2 Å². The zero-order valence-corrected chi connectivity index (χ0v) is 21.1. The Labute approximate surface area is 212 Å². The summed E-state index contributed by atoms with van der Waals surface area (Å²) in [5.41, 5.74) is 4.02. The van der Waals surface area contributed by atoms with Crippen LogP contribution >= 0.6 is 0 Å². The average molecular weight is 491 g/mol. The van der Waals surface area contributed by atoms with Crippen molar-refractivity contribution in [3.63, 3.8) is 0 Å². The number of anilines is 1. The molecule has 8 heteroatoms. The molecule has 1 saturated heterocycles. The highest BCUT2D eigenvalue weighted by Crippen LogP contribution is 2.41. The molecule has 3 aromatic rings. The average Bonchev–Trinajstić information content (AvgIpc) is 3.41. The third-order valence-electron chi connectivity index (χ3n) is 7.48. The first-order chi connectivity index (χ1) is 17.5. The maximum Gasteiger partial charge on any atom is 0.239 e. The molecule has 2 atom stereocenters. The van der Waals surface area contributed by atoms with Crippen molar-refractivity contribution in [2.45, 2.75) is 45.7 Å².